The second-order valence-corrected chi connectivity index (χ2v) is 16.0. The van der Waals surface area contributed by atoms with Crippen molar-refractivity contribution in [1.29, 1.82) is 0 Å². The number of carboxylic acid groups (broad SMARTS) is 2. The van der Waals surface area contributed by atoms with Crippen molar-refractivity contribution >= 4 is 59.2 Å². The van der Waals surface area contributed by atoms with Crippen LogP contribution in [0.5, 0.6) is 0 Å². The zero-order chi connectivity index (χ0) is 46.8. The minimum Gasteiger partial charge on any atom is -0.481 e. The van der Waals surface area contributed by atoms with E-state index in [0.29, 0.717) is 19.3 Å². The molecule has 0 aromatic rings. The van der Waals surface area contributed by atoms with Crippen molar-refractivity contribution in [3.05, 3.63) is 0 Å². The lowest BCUT2D eigenvalue weighted by Crippen LogP contribution is -2.60. The van der Waals surface area contributed by atoms with Gasteiger partial charge in [0.05, 0.1) is 25.2 Å². The molecule has 2 aliphatic rings. The highest BCUT2D eigenvalue weighted by Gasteiger charge is 2.42. The lowest BCUT2D eigenvalue weighted by Gasteiger charge is -2.32. The number of aliphatic hydroxyl groups excluding tert-OH is 2. The molecular weight excluding hydrogens is 820 g/mol. The van der Waals surface area contributed by atoms with Crippen LogP contribution in [0.3, 0.4) is 0 Å². The summed E-state index contributed by atoms with van der Waals surface area (Å²) in [4.78, 5) is 131. The number of likely N-dealkylation sites (tertiary alicyclic amines) is 2. The van der Waals surface area contributed by atoms with E-state index in [1.54, 1.807) is 0 Å². The van der Waals surface area contributed by atoms with Crippen LogP contribution in [0.4, 0.5) is 0 Å². The van der Waals surface area contributed by atoms with Gasteiger partial charge in [0.25, 0.3) is 0 Å². The normalized spacial score (nSPS) is 19.5. The monoisotopic (exact) mass is 884 g/mol. The highest BCUT2D eigenvalue weighted by atomic mass is 16.4. The summed E-state index contributed by atoms with van der Waals surface area (Å²) in [5, 5.41) is 50.6. The molecule has 0 bridgehead atoms. The maximum atomic E-state index is 14.1. The second-order valence-electron chi connectivity index (χ2n) is 16.0. The molecule has 24 heteroatoms. The van der Waals surface area contributed by atoms with E-state index >= 15 is 0 Å². The number of rotatable bonds is 26. The zero-order valence-corrected chi connectivity index (χ0v) is 35.4. The largest absolute Gasteiger partial charge is 0.481 e. The quantitative estimate of drug-likeness (QED) is 0.0362. The Morgan fingerprint density at radius 3 is 1.66 bits per heavy atom. The number of carbonyl (C=O) groups excluding carboxylic acids is 8. The zero-order valence-electron chi connectivity index (χ0n) is 35.4. The molecule has 2 heterocycles. The standard InChI is InChI=1S/C38H64N10O14/c1-19(2)16-24(44-34(57)26-9-6-14-47(26)36(59)21(40)17-28(41)51)37(60)48-15-7-10-27(48)35(58)45-25(18-49)33(56)42-22(8-4-5-13-39)31(54)43-23(11-12-29(52)53)32(55)46-30(20(3)50)38(61)62/h19-27,30,49-50H,4-18,39-40H2,1-3H3,(H2,41,51)(H,42,56)(H,43,54)(H,44,57)(H,45,58)(H,46,55)(H,52,53)(H,61,62)/t20-,21+,22+,23+,24+,25+,26+,27+,30+/m1/s1. The van der Waals surface area contributed by atoms with E-state index in [0.717, 1.165) is 6.92 Å². The first kappa shape index (κ1) is 52.7. The van der Waals surface area contributed by atoms with Crippen LogP contribution in [-0.4, -0.2) is 170 Å². The molecule has 15 N–H and O–H groups in total. The predicted molar refractivity (Wildman–Crippen MR) is 217 cm³/mol. The van der Waals surface area contributed by atoms with Crippen molar-refractivity contribution in [2.24, 2.45) is 23.1 Å². The van der Waals surface area contributed by atoms with Crippen LogP contribution in [0.1, 0.15) is 91.4 Å². The topological polar surface area (TPSA) is 396 Å². The molecular formula is C38H64N10O14. The fourth-order valence-corrected chi connectivity index (χ4v) is 7.23. The number of nitrogens with one attached hydrogen (secondary N) is 5. The Bertz CT molecular complexity index is 1630. The van der Waals surface area contributed by atoms with E-state index in [9.17, 15) is 68.4 Å². The molecule has 8 amide bonds. The average molecular weight is 885 g/mol. The van der Waals surface area contributed by atoms with Crippen molar-refractivity contribution in [2.45, 2.75) is 146 Å². The van der Waals surface area contributed by atoms with Gasteiger partial charge in [0.1, 0.15) is 36.3 Å². The number of nitrogens with two attached hydrogens (primary N) is 3. The third-order valence-corrected chi connectivity index (χ3v) is 10.5. The maximum absolute atomic E-state index is 14.1. The van der Waals surface area contributed by atoms with Gasteiger partial charge in [-0.15, -0.1) is 0 Å². The smallest absolute Gasteiger partial charge is 0.328 e. The van der Waals surface area contributed by atoms with Crippen LogP contribution in [-0.2, 0) is 47.9 Å². The first-order chi connectivity index (χ1) is 29.1. The number of unbranched alkanes of at least 4 members (excludes halogenated alkanes) is 1. The van der Waals surface area contributed by atoms with E-state index in [-0.39, 0.29) is 57.7 Å². The molecule has 62 heavy (non-hydrogen) atoms. The molecule has 0 aromatic carbocycles. The second kappa shape index (κ2) is 25.5. The van der Waals surface area contributed by atoms with Crippen LogP contribution >= 0.6 is 0 Å². The van der Waals surface area contributed by atoms with Crippen molar-refractivity contribution in [2.75, 3.05) is 26.2 Å². The highest BCUT2D eigenvalue weighted by molar-refractivity contribution is 5.98. The number of hydrogen-bond acceptors (Lipinski definition) is 14. The molecule has 2 aliphatic heterocycles. The Kier molecular flexibility index (Phi) is 21.6. The molecule has 0 aromatic heterocycles. The molecule has 2 fully saturated rings. The van der Waals surface area contributed by atoms with Gasteiger partial charge < -0.3 is 74.0 Å². The Hall–Kier alpha value is -5.46. The van der Waals surface area contributed by atoms with E-state index in [2.05, 4.69) is 26.6 Å². The average Bonchev–Trinajstić information content (AvgIpc) is 3.89. The van der Waals surface area contributed by atoms with Crippen LogP contribution < -0.4 is 43.8 Å². The number of hydrogen-bond donors (Lipinski definition) is 12. The van der Waals surface area contributed by atoms with E-state index < -0.39 is 140 Å². The van der Waals surface area contributed by atoms with E-state index in [1.807, 2.05) is 13.8 Å². The Labute approximate surface area is 358 Å². The van der Waals surface area contributed by atoms with Gasteiger partial charge in [0, 0.05) is 19.5 Å². The summed E-state index contributed by atoms with van der Waals surface area (Å²) >= 11 is 0. The van der Waals surface area contributed by atoms with Gasteiger partial charge in [-0.1, -0.05) is 13.8 Å². The molecule has 24 nitrogen and oxygen atoms in total. The molecule has 0 saturated carbocycles. The van der Waals surface area contributed by atoms with Gasteiger partial charge in [-0.25, -0.2) is 4.79 Å². The molecule has 2 saturated heterocycles. The fourth-order valence-electron chi connectivity index (χ4n) is 7.23. The number of primary amides is 1. The lowest BCUT2D eigenvalue weighted by molar-refractivity contribution is -0.145. The summed E-state index contributed by atoms with van der Waals surface area (Å²) in [5.74, 6) is -9.67. The summed E-state index contributed by atoms with van der Waals surface area (Å²) in [6, 6.07) is -11.0. The summed E-state index contributed by atoms with van der Waals surface area (Å²) in [6.07, 6.45) is -1.09. The lowest BCUT2D eigenvalue weighted by atomic mass is 10.0. The van der Waals surface area contributed by atoms with Gasteiger partial charge in [-0.05, 0) is 77.2 Å². The van der Waals surface area contributed by atoms with Gasteiger partial charge in [0.15, 0.2) is 6.04 Å². The number of aliphatic carboxylic acids is 2. The summed E-state index contributed by atoms with van der Waals surface area (Å²) < 4.78 is 0. The van der Waals surface area contributed by atoms with Crippen molar-refractivity contribution in [3.63, 3.8) is 0 Å². The maximum Gasteiger partial charge on any atom is 0.328 e. The number of nitrogens with zero attached hydrogens (tertiary/aromatic N) is 2. The summed E-state index contributed by atoms with van der Waals surface area (Å²) in [5.41, 5.74) is 16.7. The SMILES string of the molecule is CC(C)C[C@H](NC(=O)[C@@H]1CCCN1C(=O)[C@@H](N)CC(N)=O)C(=O)N1CCC[C@H]1C(=O)N[C@@H](CO)C(=O)N[C@@H](CCCCN)C(=O)N[C@@H](CCC(=O)O)C(=O)N[C@H](C(=O)O)[C@@H](C)O. The minimum absolute atomic E-state index is 0.0691. The molecule has 0 aliphatic carbocycles. The molecule has 0 radical (unpaired) electrons. The predicted octanol–water partition coefficient (Wildman–Crippen LogP) is -4.91. The van der Waals surface area contributed by atoms with Crippen LogP contribution in [0, 0.1) is 5.92 Å². The van der Waals surface area contributed by atoms with Crippen LogP contribution in [0.2, 0.25) is 0 Å². The summed E-state index contributed by atoms with van der Waals surface area (Å²) in [7, 11) is 0. The first-order valence-electron chi connectivity index (χ1n) is 20.7. The Morgan fingerprint density at radius 2 is 1.19 bits per heavy atom. The number of aliphatic hydroxyl groups is 2. The number of carboxylic acids is 2. The molecule has 0 spiro atoms. The summed E-state index contributed by atoms with van der Waals surface area (Å²) in [6.45, 7) is 4.30. The van der Waals surface area contributed by atoms with Crippen molar-refractivity contribution < 1.29 is 68.4 Å². The molecule has 350 valence electrons. The molecule has 0 unspecified atom stereocenters. The number of carbonyl (C=O) groups is 10. The first-order valence-corrected chi connectivity index (χ1v) is 20.7. The van der Waals surface area contributed by atoms with E-state index in [1.165, 1.54) is 9.80 Å². The Morgan fingerprint density at radius 1 is 0.694 bits per heavy atom. The van der Waals surface area contributed by atoms with Gasteiger partial charge in [-0.3, -0.25) is 43.2 Å². The molecule has 9 atom stereocenters. The van der Waals surface area contributed by atoms with E-state index in [4.69, 9.17) is 17.2 Å². The van der Waals surface area contributed by atoms with Gasteiger partial charge in [0.2, 0.25) is 47.3 Å². The van der Waals surface area contributed by atoms with Gasteiger partial charge >= 0.3 is 11.9 Å². The van der Waals surface area contributed by atoms with Crippen LogP contribution in [0.15, 0.2) is 0 Å². The fraction of sp³-hybridized carbons (Fsp3) is 0.737. The van der Waals surface area contributed by atoms with Crippen molar-refractivity contribution in [1.82, 2.24) is 36.4 Å². The van der Waals surface area contributed by atoms with Crippen LogP contribution in [0.25, 0.3) is 0 Å². The Balaban J connectivity index is 2.24. The number of amides is 8. The highest BCUT2D eigenvalue weighted by Crippen LogP contribution is 2.23. The third-order valence-electron chi connectivity index (χ3n) is 10.5. The third kappa shape index (κ3) is 16.1. The van der Waals surface area contributed by atoms with Crippen molar-refractivity contribution in [3.8, 4) is 0 Å². The minimum atomic E-state index is -1.80. The van der Waals surface area contributed by atoms with Gasteiger partial charge in [-0.2, -0.15) is 0 Å². The molecule has 2 rings (SSSR count).